The number of nitrogens with zero attached hydrogens (tertiary/aromatic N) is 2. The molecule has 2 heterocycles. The van der Waals surface area contributed by atoms with Crippen molar-refractivity contribution in [2.45, 2.75) is 202 Å². The molecule has 0 N–H and O–H groups in total. The fourth-order valence-electron chi connectivity index (χ4n) is 9.37. The second-order valence-corrected chi connectivity index (χ2v) is 18.2. The normalized spacial score (nSPS) is 23.8. The third-order valence-corrected chi connectivity index (χ3v) is 12.4. The zero-order valence-electron chi connectivity index (χ0n) is 37.8. The van der Waals surface area contributed by atoms with Crippen LogP contribution in [0.2, 0.25) is 0 Å². The number of ketones is 1. The summed E-state index contributed by atoms with van der Waals surface area (Å²) in [5.41, 5.74) is 8.31. The molecule has 0 bridgehead atoms. The third-order valence-electron chi connectivity index (χ3n) is 12.4. The molecule has 6 rings (SSSR count). The van der Waals surface area contributed by atoms with Gasteiger partial charge in [0.1, 0.15) is 0 Å². The molecule has 1 aromatic carbocycles. The number of benzene rings is 1. The Morgan fingerprint density at radius 1 is 0.930 bits per heavy atom. The molecule has 0 radical (unpaired) electrons. The lowest BCUT2D eigenvalue weighted by Gasteiger charge is -2.42. The van der Waals surface area contributed by atoms with E-state index >= 15 is 0 Å². The molecule has 4 heteroatoms. The van der Waals surface area contributed by atoms with E-state index in [1.807, 2.05) is 26.1 Å². The second kappa shape index (κ2) is 23.4. The van der Waals surface area contributed by atoms with E-state index in [-0.39, 0.29) is 17.7 Å². The second-order valence-electron chi connectivity index (χ2n) is 18.2. The molecule has 2 unspecified atom stereocenters. The van der Waals surface area contributed by atoms with Gasteiger partial charge in [-0.15, -0.1) is 0 Å². The molecule has 0 saturated heterocycles. The number of carbonyl (C=O) groups is 2. The number of anilines is 1. The van der Waals surface area contributed by atoms with Crippen LogP contribution in [0.4, 0.5) is 5.69 Å². The van der Waals surface area contributed by atoms with Crippen LogP contribution in [0.25, 0.3) is 0 Å². The molecule has 2 atom stereocenters. The molecule has 1 aromatic rings. The summed E-state index contributed by atoms with van der Waals surface area (Å²) in [6.07, 6.45) is 37.3. The summed E-state index contributed by atoms with van der Waals surface area (Å²) in [5, 5.41) is 0. The van der Waals surface area contributed by atoms with Gasteiger partial charge in [-0.05, 0) is 111 Å². The van der Waals surface area contributed by atoms with Gasteiger partial charge in [-0.25, -0.2) is 0 Å². The minimum Gasteiger partial charge on any atom is -0.308 e. The summed E-state index contributed by atoms with van der Waals surface area (Å²) in [5.74, 6) is 2.66. The first kappa shape index (κ1) is 46.4. The predicted octanol–water partition coefficient (Wildman–Crippen LogP) is 15.0. The van der Waals surface area contributed by atoms with Crippen LogP contribution in [0.1, 0.15) is 201 Å². The van der Waals surface area contributed by atoms with E-state index in [2.05, 4.69) is 88.9 Å². The number of rotatable bonds is 19. The van der Waals surface area contributed by atoms with Gasteiger partial charge in [0.15, 0.2) is 5.78 Å². The maximum Gasteiger partial charge on any atom is 0.237 e. The SMILES string of the molecule is CC.CC(C)C.CCCCCCCCCCC1CC(N2C(=O)C(CC/C=C/C(C)=O)(CCCC)c3ccc(C4C=C(C)C(C5CC5)=C5C=CCC=NC5=C4)cc32)C1. The van der Waals surface area contributed by atoms with Gasteiger partial charge >= 0.3 is 0 Å². The minimum atomic E-state index is -0.536. The largest absolute Gasteiger partial charge is 0.308 e. The number of hydrogen-bond donors (Lipinski definition) is 0. The fourth-order valence-corrected chi connectivity index (χ4v) is 9.37. The van der Waals surface area contributed by atoms with Crippen LogP contribution < -0.4 is 4.90 Å². The Morgan fingerprint density at radius 2 is 1.60 bits per heavy atom. The average molecular weight is 777 g/mol. The van der Waals surface area contributed by atoms with E-state index < -0.39 is 5.41 Å². The highest BCUT2D eigenvalue weighted by Crippen LogP contribution is 2.53. The number of unbranched alkanes of at least 4 members (excludes halogenated alkanes) is 8. The van der Waals surface area contributed by atoms with Gasteiger partial charge in [0.2, 0.25) is 5.91 Å². The van der Waals surface area contributed by atoms with Crippen molar-refractivity contribution in [2.75, 3.05) is 4.90 Å². The maximum atomic E-state index is 15.0. The molecule has 3 aliphatic carbocycles. The summed E-state index contributed by atoms with van der Waals surface area (Å²) in [4.78, 5) is 34.0. The Hall–Kier alpha value is -3.27. The van der Waals surface area contributed by atoms with Crippen LogP contribution >= 0.6 is 0 Å². The summed E-state index contributed by atoms with van der Waals surface area (Å²) in [6, 6.07) is 7.26. The van der Waals surface area contributed by atoms with Crippen molar-refractivity contribution in [1.82, 2.24) is 0 Å². The van der Waals surface area contributed by atoms with Gasteiger partial charge in [-0.3, -0.25) is 14.6 Å². The van der Waals surface area contributed by atoms with E-state index in [1.165, 1.54) is 98.5 Å². The zero-order valence-corrected chi connectivity index (χ0v) is 37.8. The van der Waals surface area contributed by atoms with E-state index in [4.69, 9.17) is 4.99 Å². The highest BCUT2D eigenvalue weighted by atomic mass is 16.2. The van der Waals surface area contributed by atoms with Crippen molar-refractivity contribution in [3.8, 4) is 0 Å². The number of allylic oxidation sites excluding steroid dienone is 8. The van der Waals surface area contributed by atoms with Crippen molar-refractivity contribution >= 4 is 23.6 Å². The first-order valence-electron chi connectivity index (χ1n) is 23.6. The predicted molar refractivity (Wildman–Crippen MR) is 246 cm³/mol. The Balaban J connectivity index is 0.00000113. The monoisotopic (exact) mass is 777 g/mol. The van der Waals surface area contributed by atoms with Gasteiger partial charge < -0.3 is 4.90 Å². The van der Waals surface area contributed by atoms with Crippen LogP contribution in [0.15, 0.2) is 82.1 Å². The first-order chi connectivity index (χ1) is 27.6. The van der Waals surface area contributed by atoms with E-state index in [0.717, 1.165) is 74.6 Å². The van der Waals surface area contributed by atoms with Crippen LogP contribution in [-0.2, 0) is 15.0 Å². The molecule has 4 nitrogen and oxygen atoms in total. The highest BCUT2D eigenvalue weighted by Gasteiger charge is 2.53. The molecule has 2 saturated carbocycles. The molecule has 314 valence electrons. The van der Waals surface area contributed by atoms with Crippen LogP contribution in [0.3, 0.4) is 0 Å². The minimum absolute atomic E-state index is 0.0656. The van der Waals surface area contributed by atoms with E-state index in [0.29, 0.717) is 11.8 Å². The van der Waals surface area contributed by atoms with Gasteiger partial charge in [-0.1, -0.05) is 161 Å². The molecule has 57 heavy (non-hydrogen) atoms. The van der Waals surface area contributed by atoms with Crippen molar-refractivity contribution < 1.29 is 9.59 Å². The topological polar surface area (TPSA) is 49.7 Å². The van der Waals surface area contributed by atoms with Gasteiger partial charge in [0, 0.05) is 35.9 Å². The fraction of sp³-hybridized carbons (Fsp3) is 0.642. The molecule has 2 fully saturated rings. The third kappa shape index (κ3) is 12.6. The smallest absolute Gasteiger partial charge is 0.237 e. The molecule has 5 aliphatic rings. The first-order valence-corrected chi connectivity index (χ1v) is 23.6. The number of carbonyl (C=O) groups excluding carboxylic acids is 2. The van der Waals surface area contributed by atoms with Gasteiger partial charge in [0.25, 0.3) is 0 Å². The number of hydrogen-bond acceptors (Lipinski definition) is 3. The quantitative estimate of drug-likeness (QED) is 0.104. The average Bonchev–Trinajstić information content (AvgIpc) is 4.01. The summed E-state index contributed by atoms with van der Waals surface area (Å²) in [7, 11) is 0. The summed E-state index contributed by atoms with van der Waals surface area (Å²) >= 11 is 0. The van der Waals surface area contributed by atoms with Crippen molar-refractivity contribution in [3.05, 3.63) is 88.2 Å². The lowest BCUT2D eigenvalue weighted by atomic mass is 9.73. The standard InChI is InChI=1S/C47H64N2O2.C4H10.C2H6/c1-5-7-9-10-11-12-13-14-20-36-30-40(31-36)49-44-33-38(24-25-42(44)47(46(49)51,26-8-6-2)27-17-15-19-35(4)50)39-29-34(3)45(37-22-23-37)41-21-16-18-28-48-43(41)32-39;1-4(2)3;1-2/h15-16,19,21,24-25,28-29,32-33,36-37,39-40H,5-14,17-18,20,22-23,26-27,30-31H2,1-4H3;4H,1-3H3;1-2H3/b19-15+;;. The molecule has 2 aliphatic heterocycles. The van der Waals surface area contributed by atoms with Crippen molar-refractivity contribution in [2.24, 2.45) is 22.7 Å². The lowest BCUT2D eigenvalue weighted by Crippen LogP contribution is -2.50. The van der Waals surface area contributed by atoms with Gasteiger partial charge in [0.05, 0.1) is 11.1 Å². The molecular weight excluding hydrogens is 697 g/mol. The molecule has 0 spiro atoms. The van der Waals surface area contributed by atoms with E-state index in [1.54, 1.807) is 13.0 Å². The number of fused-ring (bicyclic) bond motifs is 2. The summed E-state index contributed by atoms with van der Waals surface area (Å²) < 4.78 is 0. The Bertz CT molecular complexity index is 1640. The Morgan fingerprint density at radius 3 is 2.25 bits per heavy atom. The highest BCUT2D eigenvalue weighted by molar-refractivity contribution is 6.09. The van der Waals surface area contributed by atoms with Crippen LogP contribution in [-0.4, -0.2) is 23.9 Å². The van der Waals surface area contributed by atoms with Crippen molar-refractivity contribution in [3.63, 3.8) is 0 Å². The lowest BCUT2D eigenvalue weighted by molar-refractivity contribution is -0.124. The molecule has 1 amide bonds. The van der Waals surface area contributed by atoms with Crippen LogP contribution in [0.5, 0.6) is 0 Å². The molecule has 0 aromatic heterocycles. The van der Waals surface area contributed by atoms with Crippen molar-refractivity contribution in [1.29, 1.82) is 0 Å². The number of aliphatic imine (C=N–C) groups is 1. The Labute approximate surface area is 349 Å². The Kier molecular flexibility index (Phi) is 19.0. The zero-order chi connectivity index (χ0) is 41.4. The molecular formula is C53H80N2O2. The number of amides is 1. The maximum absolute atomic E-state index is 15.0. The summed E-state index contributed by atoms with van der Waals surface area (Å²) in [6.45, 7) is 18.9. The van der Waals surface area contributed by atoms with Crippen LogP contribution in [0, 0.1) is 17.8 Å². The van der Waals surface area contributed by atoms with E-state index in [9.17, 15) is 9.59 Å². The van der Waals surface area contributed by atoms with Gasteiger partial charge in [-0.2, -0.15) is 0 Å².